The zero-order valence-electron chi connectivity index (χ0n) is 18.4. The van der Waals surface area contributed by atoms with E-state index in [1.165, 1.54) is 0 Å². The summed E-state index contributed by atoms with van der Waals surface area (Å²) < 4.78 is 11.5. The first kappa shape index (κ1) is 22.2. The van der Waals surface area contributed by atoms with Crippen LogP contribution in [-0.2, 0) is 4.79 Å². The Morgan fingerprint density at radius 1 is 1.23 bits per heavy atom. The van der Waals surface area contributed by atoms with Gasteiger partial charge in [-0.3, -0.25) is 14.7 Å². The Morgan fingerprint density at radius 3 is 2.80 bits per heavy atom. The van der Waals surface area contributed by atoms with Crippen molar-refractivity contribution in [1.29, 1.82) is 0 Å². The number of amides is 1. The van der Waals surface area contributed by atoms with Crippen molar-refractivity contribution >= 4 is 17.6 Å². The van der Waals surface area contributed by atoms with Crippen molar-refractivity contribution < 1.29 is 14.3 Å². The van der Waals surface area contributed by atoms with E-state index in [0.717, 1.165) is 68.5 Å². The Hall–Kier alpha value is -2.48. The Morgan fingerprint density at radius 2 is 2.03 bits per heavy atom. The number of nitrogens with zero attached hydrogens (tertiary/aromatic N) is 3. The van der Waals surface area contributed by atoms with Crippen LogP contribution >= 0.6 is 0 Å². The molecule has 1 fully saturated rings. The fourth-order valence-corrected chi connectivity index (χ4v) is 3.82. The van der Waals surface area contributed by atoms with Gasteiger partial charge in [0.1, 0.15) is 0 Å². The predicted molar refractivity (Wildman–Crippen MR) is 120 cm³/mol. The molecular weight excluding hydrogens is 382 g/mol. The summed E-state index contributed by atoms with van der Waals surface area (Å²) in [5.41, 5.74) is 0.912. The van der Waals surface area contributed by atoms with Crippen LogP contribution in [0.25, 0.3) is 0 Å². The van der Waals surface area contributed by atoms with E-state index in [-0.39, 0.29) is 11.9 Å². The summed E-state index contributed by atoms with van der Waals surface area (Å²) >= 11 is 0. The van der Waals surface area contributed by atoms with Gasteiger partial charge < -0.3 is 25.0 Å². The number of aliphatic imine (C=N–C) groups is 1. The average molecular weight is 418 g/mol. The highest BCUT2D eigenvalue weighted by Gasteiger charge is 2.30. The topological polar surface area (TPSA) is 78.4 Å². The van der Waals surface area contributed by atoms with Crippen molar-refractivity contribution in [3.05, 3.63) is 18.2 Å². The molecule has 0 radical (unpaired) electrons. The molecule has 1 aromatic rings. The van der Waals surface area contributed by atoms with E-state index in [1.807, 2.05) is 39.2 Å². The molecule has 2 aliphatic heterocycles. The lowest BCUT2D eigenvalue weighted by Crippen LogP contribution is -2.43. The second kappa shape index (κ2) is 11.1. The van der Waals surface area contributed by atoms with Gasteiger partial charge in [0.2, 0.25) is 5.91 Å². The Balaban J connectivity index is 1.53. The number of nitrogens with one attached hydrogen (secondary N) is 2. The maximum atomic E-state index is 12.3. The minimum atomic E-state index is 0.0251. The van der Waals surface area contributed by atoms with Crippen molar-refractivity contribution in [2.24, 2.45) is 4.99 Å². The molecule has 8 heteroatoms. The fraction of sp³-hybridized carbons (Fsp3) is 0.636. The van der Waals surface area contributed by atoms with Gasteiger partial charge in [0, 0.05) is 51.9 Å². The van der Waals surface area contributed by atoms with Gasteiger partial charge in [-0.15, -0.1) is 0 Å². The molecule has 8 nitrogen and oxygen atoms in total. The van der Waals surface area contributed by atoms with Gasteiger partial charge in [0.15, 0.2) is 17.5 Å². The van der Waals surface area contributed by atoms with E-state index in [9.17, 15) is 4.79 Å². The minimum Gasteiger partial charge on any atom is -0.490 e. The number of likely N-dealkylation sites (tertiary alicyclic amines) is 1. The van der Waals surface area contributed by atoms with Crippen LogP contribution < -0.4 is 20.1 Å². The number of fused-ring (bicyclic) bond motifs is 1. The number of anilines is 1. The van der Waals surface area contributed by atoms with Crippen LogP contribution in [0.2, 0.25) is 0 Å². The lowest BCUT2D eigenvalue weighted by Gasteiger charge is -2.25. The molecule has 0 saturated carbocycles. The Labute approximate surface area is 179 Å². The predicted octanol–water partition coefficient (Wildman–Crippen LogP) is 2.17. The van der Waals surface area contributed by atoms with Crippen molar-refractivity contribution in [3.63, 3.8) is 0 Å². The Kier molecular flexibility index (Phi) is 8.19. The molecule has 0 bridgehead atoms. The van der Waals surface area contributed by atoms with Crippen LogP contribution in [0.1, 0.15) is 32.6 Å². The van der Waals surface area contributed by atoms with Crippen LogP contribution in [0.4, 0.5) is 5.69 Å². The molecule has 30 heavy (non-hydrogen) atoms. The van der Waals surface area contributed by atoms with Gasteiger partial charge in [-0.1, -0.05) is 0 Å². The second-order valence-corrected chi connectivity index (χ2v) is 7.88. The zero-order valence-corrected chi connectivity index (χ0v) is 18.4. The molecule has 1 atom stereocenters. The zero-order chi connectivity index (χ0) is 21.3. The van der Waals surface area contributed by atoms with Gasteiger partial charge in [-0.05, 0) is 44.9 Å². The first-order valence-electron chi connectivity index (χ1n) is 11.0. The number of hydrogen-bond donors (Lipinski definition) is 2. The number of guanidine groups is 1. The van der Waals surface area contributed by atoms with Gasteiger partial charge >= 0.3 is 0 Å². The fourth-order valence-electron chi connectivity index (χ4n) is 3.82. The van der Waals surface area contributed by atoms with E-state index < -0.39 is 0 Å². The van der Waals surface area contributed by atoms with E-state index >= 15 is 0 Å². The summed E-state index contributed by atoms with van der Waals surface area (Å²) in [4.78, 5) is 21.0. The third-order valence-electron chi connectivity index (χ3n) is 5.32. The molecule has 1 amide bonds. The SMILES string of the molecule is CCNC(=NCCCN1CCCC1C(=O)N(C)C)Nc1ccc2c(c1)OCCCO2. The molecular formula is C22H35N5O3. The van der Waals surface area contributed by atoms with E-state index in [0.29, 0.717) is 19.8 Å². The number of carbonyl (C=O) groups is 1. The first-order valence-corrected chi connectivity index (χ1v) is 11.0. The Bertz CT molecular complexity index is 737. The van der Waals surface area contributed by atoms with Crippen LogP contribution in [0.3, 0.4) is 0 Å². The van der Waals surface area contributed by atoms with E-state index in [1.54, 1.807) is 4.90 Å². The van der Waals surface area contributed by atoms with Crippen molar-refractivity contribution in [2.75, 3.05) is 58.8 Å². The summed E-state index contributed by atoms with van der Waals surface area (Å²) in [6, 6.07) is 5.89. The molecule has 0 spiro atoms. The van der Waals surface area contributed by atoms with Crippen molar-refractivity contribution in [2.45, 2.75) is 38.6 Å². The molecule has 1 unspecified atom stereocenters. The highest BCUT2D eigenvalue weighted by Crippen LogP contribution is 2.32. The summed E-state index contributed by atoms with van der Waals surface area (Å²) in [6.07, 6.45) is 3.84. The molecule has 0 aromatic heterocycles. The normalized spacial score (nSPS) is 19.3. The summed E-state index contributed by atoms with van der Waals surface area (Å²) in [5.74, 6) is 2.50. The van der Waals surface area contributed by atoms with Gasteiger partial charge in [0.05, 0.1) is 19.3 Å². The lowest BCUT2D eigenvalue weighted by atomic mass is 10.2. The number of benzene rings is 1. The summed E-state index contributed by atoms with van der Waals surface area (Å²) in [7, 11) is 3.66. The molecule has 1 aromatic carbocycles. The van der Waals surface area contributed by atoms with Crippen LogP contribution in [0, 0.1) is 0 Å². The third kappa shape index (κ3) is 6.01. The number of rotatable bonds is 7. The smallest absolute Gasteiger partial charge is 0.239 e. The average Bonchev–Trinajstić information content (AvgIpc) is 3.07. The second-order valence-electron chi connectivity index (χ2n) is 7.88. The number of carbonyl (C=O) groups excluding carboxylic acids is 1. The molecule has 3 rings (SSSR count). The molecule has 2 N–H and O–H groups in total. The van der Waals surface area contributed by atoms with Crippen molar-refractivity contribution in [3.8, 4) is 11.5 Å². The van der Waals surface area contributed by atoms with Gasteiger partial charge in [-0.2, -0.15) is 0 Å². The summed E-state index contributed by atoms with van der Waals surface area (Å²) in [6.45, 7) is 6.75. The highest BCUT2D eigenvalue weighted by molar-refractivity contribution is 5.93. The maximum absolute atomic E-state index is 12.3. The third-order valence-corrected chi connectivity index (χ3v) is 5.32. The lowest BCUT2D eigenvalue weighted by molar-refractivity contribution is -0.133. The number of likely N-dealkylation sites (N-methyl/N-ethyl adjacent to an activating group) is 1. The molecule has 1 saturated heterocycles. The maximum Gasteiger partial charge on any atom is 0.239 e. The first-order chi connectivity index (χ1) is 14.6. The van der Waals surface area contributed by atoms with Gasteiger partial charge in [-0.25, -0.2) is 0 Å². The van der Waals surface area contributed by atoms with E-state index in [2.05, 4.69) is 15.5 Å². The van der Waals surface area contributed by atoms with Crippen LogP contribution in [0.5, 0.6) is 11.5 Å². The number of ether oxygens (including phenoxy) is 2. The number of hydrogen-bond acceptors (Lipinski definition) is 5. The minimum absolute atomic E-state index is 0.0251. The molecule has 2 aliphatic rings. The standard InChI is InChI=1S/C22H35N5O3/c1-4-23-22(25-17-9-10-19-20(16-17)30-15-7-14-29-19)24-11-6-13-27-12-5-8-18(27)21(28)26(2)3/h9-10,16,18H,4-8,11-15H2,1-3H3,(H2,23,24,25). The van der Waals surface area contributed by atoms with Crippen LogP contribution in [-0.4, -0.2) is 81.2 Å². The van der Waals surface area contributed by atoms with Crippen molar-refractivity contribution in [1.82, 2.24) is 15.1 Å². The largest absolute Gasteiger partial charge is 0.490 e. The van der Waals surface area contributed by atoms with Gasteiger partial charge in [0.25, 0.3) is 0 Å². The van der Waals surface area contributed by atoms with E-state index in [4.69, 9.17) is 14.5 Å². The molecule has 2 heterocycles. The molecule has 0 aliphatic carbocycles. The monoisotopic (exact) mass is 417 g/mol. The highest BCUT2D eigenvalue weighted by atomic mass is 16.5. The quantitative estimate of drug-likeness (QED) is 0.402. The molecule has 166 valence electrons. The summed E-state index contributed by atoms with van der Waals surface area (Å²) in [5, 5.41) is 6.64. The van der Waals surface area contributed by atoms with Crippen LogP contribution in [0.15, 0.2) is 23.2 Å².